The minimum absolute atomic E-state index is 0.0470. The quantitative estimate of drug-likeness (QED) is 0.181. The highest BCUT2D eigenvalue weighted by molar-refractivity contribution is 6.01. The van der Waals surface area contributed by atoms with Gasteiger partial charge in [0.2, 0.25) is 5.91 Å². The molecule has 0 spiro atoms. The van der Waals surface area contributed by atoms with E-state index < -0.39 is 11.9 Å². The largest absolute Gasteiger partial charge is 0.394 e. The van der Waals surface area contributed by atoms with Crippen LogP contribution in [0.5, 0.6) is 0 Å². The fraction of sp³-hybridized carbons (Fsp3) is 0.368. The molecule has 0 bridgehead atoms. The SMILES string of the molecule is CCCCN(CCCC)C(=O)c1cc(C)n(-c2ccc(NC(=O)Cc3cccc(F)c3)cc2C(=O)N2Cc3ccccc3CC2CO)n1. The van der Waals surface area contributed by atoms with Crippen LogP contribution in [0.15, 0.2) is 72.8 Å². The Balaban J connectivity index is 1.51. The van der Waals surface area contributed by atoms with Gasteiger partial charge in [0.1, 0.15) is 5.82 Å². The van der Waals surface area contributed by atoms with E-state index in [1.807, 2.05) is 36.1 Å². The number of benzene rings is 3. The van der Waals surface area contributed by atoms with Gasteiger partial charge in [-0.05, 0) is 79.3 Å². The molecule has 1 aromatic heterocycles. The number of aromatic nitrogens is 2. The second-order valence-corrected chi connectivity index (χ2v) is 12.4. The van der Waals surface area contributed by atoms with E-state index in [2.05, 4.69) is 19.2 Å². The van der Waals surface area contributed by atoms with Gasteiger partial charge in [0.25, 0.3) is 11.8 Å². The molecule has 4 aromatic rings. The summed E-state index contributed by atoms with van der Waals surface area (Å²) < 4.78 is 15.3. The summed E-state index contributed by atoms with van der Waals surface area (Å²) in [6.45, 7) is 7.40. The van der Waals surface area contributed by atoms with Gasteiger partial charge in [-0.15, -0.1) is 0 Å². The van der Waals surface area contributed by atoms with Crippen molar-refractivity contribution < 1.29 is 23.9 Å². The first kappa shape index (κ1) is 34.5. The molecular formula is C38H44FN5O4. The standard InChI is InChI=1S/C38H44FN5O4/c1-4-6-17-42(18-7-5-2)38(48)34-19-26(3)44(41-34)35-16-15-31(40-36(46)21-27-11-10-14-30(39)20-27)23-33(35)37(47)43-24-29-13-9-8-12-28(29)22-32(43)25-45/h8-16,19-20,23,32,45H,4-7,17-18,21-22,24-25H2,1-3H3,(H,40,46). The number of halogens is 1. The Bertz CT molecular complexity index is 1760. The molecule has 48 heavy (non-hydrogen) atoms. The first-order valence-electron chi connectivity index (χ1n) is 16.8. The average Bonchev–Trinajstić information content (AvgIpc) is 3.48. The van der Waals surface area contributed by atoms with E-state index in [1.54, 1.807) is 46.0 Å². The number of aliphatic hydroxyl groups is 1. The lowest BCUT2D eigenvalue weighted by molar-refractivity contribution is -0.115. The summed E-state index contributed by atoms with van der Waals surface area (Å²) in [6.07, 6.45) is 4.18. The number of carbonyl (C=O) groups excluding carboxylic acids is 3. The number of nitrogens with zero attached hydrogens (tertiary/aromatic N) is 4. The van der Waals surface area contributed by atoms with Crippen molar-refractivity contribution in [3.8, 4) is 5.69 Å². The molecule has 0 radical (unpaired) electrons. The van der Waals surface area contributed by atoms with E-state index in [4.69, 9.17) is 5.10 Å². The summed E-state index contributed by atoms with van der Waals surface area (Å²) in [5, 5.41) is 17.9. The molecule has 252 valence electrons. The van der Waals surface area contributed by atoms with Gasteiger partial charge in [-0.25, -0.2) is 9.07 Å². The lowest BCUT2D eigenvalue weighted by Gasteiger charge is -2.36. The van der Waals surface area contributed by atoms with Gasteiger partial charge < -0.3 is 20.2 Å². The van der Waals surface area contributed by atoms with Gasteiger partial charge in [0.15, 0.2) is 5.69 Å². The Hall–Kier alpha value is -4.83. The van der Waals surface area contributed by atoms with Crippen LogP contribution < -0.4 is 5.32 Å². The van der Waals surface area contributed by atoms with E-state index in [0.717, 1.165) is 36.8 Å². The highest BCUT2D eigenvalue weighted by atomic mass is 19.1. The number of aryl methyl sites for hydroxylation is 1. The van der Waals surface area contributed by atoms with Crippen LogP contribution in [0, 0.1) is 12.7 Å². The first-order chi connectivity index (χ1) is 23.2. The number of unbranched alkanes of at least 4 members (excludes halogenated alkanes) is 2. The predicted octanol–water partition coefficient (Wildman–Crippen LogP) is 6.10. The van der Waals surface area contributed by atoms with Crippen molar-refractivity contribution in [1.82, 2.24) is 19.6 Å². The number of rotatable bonds is 13. The van der Waals surface area contributed by atoms with Gasteiger partial charge in [-0.1, -0.05) is 63.1 Å². The number of nitrogens with one attached hydrogen (secondary N) is 1. The molecular weight excluding hydrogens is 609 g/mol. The topological polar surface area (TPSA) is 108 Å². The molecule has 0 fully saturated rings. The first-order valence-corrected chi connectivity index (χ1v) is 16.8. The maximum Gasteiger partial charge on any atom is 0.274 e. The van der Waals surface area contributed by atoms with Crippen LogP contribution in [-0.4, -0.2) is 68.1 Å². The monoisotopic (exact) mass is 653 g/mol. The van der Waals surface area contributed by atoms with Gasteiger partial charge in [-0.3, -0.25) is 14.4 Å². The summed E-state index contributed by atoms with van der Waals surface area (Å²) in [4.78, 5) is 44.6. The molecule has 0 aliphatic carbocycles. The van der Waals surface area contributed by atoms with Crippen molar-refractivity contribution in [2.24, 2.45) is 0 Å². The Labute approximate surface area is 281 Å². The van der Waals surface area contributed by atoms with Crippen LogP contribution in [0.4, 0.5) is 10.1 Å². The lowest BCUT2D eigenvalue weighted by atomic mass is 9.93. The van der Waals surface area contributed by atoms with E-state index in [9.17, 15) is 23.9 Å². The molecule has 5 rings (SSSR count). The number of amides is 3. The van der Waals surface area contributed by atoms with E-state index in [1.165, 1.54) is 12.1 Å². The summed E-state index contributed by atoms with van der Waals surface area (Å²) in [5.74, 6) is -1.28. The van der Waals surface area contributed by atoms with E-state index >= 15 is 0 Å². The molecule has 1 unspecified atom stereocenters. The third kappa shape index (κ3) is 7.99. The maximum absolute atomic E-state index is 14.5. The molecule has 0 saturated carbocycles. The van der Waals surface area contributed by atoms with Crippen molar-refractivity contribution >= 4 is 23.4 Å². The number of fused-ring (bicyclic) bond motifs is 1. The Morgan fingerprint density at radius 3 is 2.38 bits per heavy atom. The van der Waals surface area contributed by atoms with Crippen molar-refractivity contribution in [2.75, 3.05) is 25.0 Å². The minimum Gasteiger partial charge on any atom is -0.394 e. The zero-order chi connectivity index (χ0) is 34.2. The van der Waals surface area contributed by atoms with Crippen molar-refractivity contribution in [2.45, 2.75) is 71.9 Å². The van der Waals surface area contributed by atoms with Crippen LogP contribution in [-0.2, 0) is 24.2 Å². The van der Waals surface area contributed by atoms with Crippen LogP contribution in [0.3, 0.4) is 0 Å². The summed E-state index contributed by atoms with van der Waals surface area (Å²) >= 11 is 0. The summed E-state index contributed by atoms with van der Waals surface area (Å²) in [6, 6.07) is 20.0. The molecule has 10 heteroatoms. The molecule has 2 N–H and O–H groups in total. The Kier molecular flexibility index (Phi) is 11.4. The molecule has 1 aliphatic rings. The second-order valence-electron chi connectivity index (χ2n) is 12.4. The second kappa shape index (κ2) is 15.8. The van der Waals surface area contributed by atoms with E-state index in [0.29, 0.717) is 54.4 Å². The van der Waals surface area contributed by atoms with Crippen molar-refractivity contribution in [3.63, 3.8) is 0 Å². The molecule has 2 heterocycles. The number of hydrogen-bond donors (Lipinski definition) is 2. The van der Waals surface area contributed by atoms with Crippen LogP contribution in [0.2, 0.25) is 0 Å². The van der Waals surface area contributed by atoms with Crippen molar-refractivity contribution in [3.05, 3.63) is 112 Å². The third-order valence-corrected chi connectivity index (χ3v) is 8.78. The van der Waals surface area contributed by atoms with E-state index in [-0.39, 0.29) is 36.3 Å². The zero-order valence-corrected chi connectivity index (χ0v) is 27.9. The summed E-state index contributed by atoms with van der Waals surface area (Å²) in [7, 11) is 0. The fourth-order valence-electron chi connectivity index (χ4n) is 6.15. The molecule has 3 amide bonds. The number of anilines is 1. The number of carbonyl (C=O) groups is 3. The highest BCUT2D eigenvalue weighted by Crippen LogP contribution is 2.29. The average molecular weight is 654 g/mol. The van der Waals surface area contributed by atoms with Gasteiger partial charge in [0, 0.05) is 31.0 Å². The molecule has 3 aromatic carbocycles. The predicted molar refractivity (Wildman–Crippen MR) is 184 cm³/mol. The Morgan fingerprint density at radius 2 is 1.69 bits per heavy atom. The molecule has 1 aliphatic heterocycles. The van der Waals surface area contributed by atoms with Crippen LogP contribution in [0.1, 0.15) is 82.8 Å². The lowest BCUT2D eigenvalue weighted by Crippen LogP contribution is -2.46. The maximum atomic E-state index is 14.5. The highest BCUT2D eigenvalue weighted by Gasteiger charge is 2.32. The minimum atomic E-state index is -0.451. The normalized spacial score (nSPS) is 14.0. The van der Waals surface area contributed by atoms with Crippen LogP contribution >= 0.6 is 0 Å². The van der Waals surface area contributed by atoms with Gasteiger partial charge >= 0.3 is 0 Å². The van der Waals surface area contributed by atoms with Crippen LogP contribution in [0.25, 0.3) is 5.69 Å². The Morgan fingerprint density at radius 1 is 0.958 bits per heavy atom. The zero-order valence-electron chi connectivity index (χ0n) is 27.9. The molecule has 1 atom stereocenters. The van der Waals surface area contributed by atoms with Gasteiger partial charge in [-0.2, -0.15) is 5.10 Å². The fourth-order valence-corrected chi connectivity index (χ4v) is 6.15. The molecule has 0 saturated heterocycles. The molecule has 9 nitrogen and oxygen atoms in total. The number of hydrogen-bond acceptors (Lipinski definition) is 5. The van der Waals surface area contributed by atoms with Gasteiger partial charge in [0.05, 0.1) is 30.3 Å². The third-order valence-electron chi connectivity index (χ3n) is 8.78. The van der Waals surface area contributed by atoms with Crippen molar-refractivity contribution in [1.29, 1.82) is 0 Å². The summed E-state index contributed by atoms with van der Waals surface area (Å²) in [5.41, 5.74) is 4.66. The number of aliphatic hydroxyl groups excluding tert-OH is 1. The smallest absolute Gasteiger partial charge is 0.274 e.